The average molecular weight is 447 g/mol. The van der Waals surface area contributed by atoms with Gasteiger partial charge in [-0.2, -0.15) is 0 Å². The standard InChI is InChI=1S/C22H30N4O6/c1-4-6-13-25-20(23)19(21(29)24-22(25)30)26(17(27)11-12-18(28)32-5-2)14-15-9-7-8-10-16(15)31-3/h7-10H,4-6,11-14,23H2,1-3H3,(H,24,29,30). The number of hydrogen-bond acceptors (Lipinski definition) is 7. The van der Waals surface area contributed by atoms with Crippen molar-refractivity contribution in [1.82, 2.24) is 9.55 Å². The van der Waals surface area contributed by atoms with Crippen molar-refractivity contribution < 1.29 is 19.1 Å². The summed E-state index contributed by atoms with van der Waals surface area (Å²) < 4.78 is 11.5. The molecular formula is C22H30N4O6. The van der Waals surface area contributed by atoms with E-state index in [0.29, 0.717) is 24.3 Å². The van der Waals surface area contributed by atoms with Crippen LogP contribution in [0.3, 0.4) is 0 Å². The number of benzene rings is 1. The van der Waals surface area contributed by atoms with Crippen molar-refractivity contribution in [2.75, 3.05) is 24.4 Å². The molecule has 2 aromatic rings. The molecule has 3 N–H and O–H groups in total. The van der Waals surface area contributed by atoms with Gasteiger partial charge in [0.15, 0.2) is 5.69 Å². The maximum Gasteiger partial charge on any atom is 0.330 e. The summed E-state index contributed by atoms with van der Waals surface area (Å²) in [5.41, 5.74) is 5.29. The van der Waals surface area contributed by atoms with E-state index < -0.39 is 23.1 Å². The summed E-state index contributed by atoms with van der Waals surface area (Å²) in [5, 5.41) is 0. The van der Waals surface area contributed by atoms with E-state index in [9.17, 15) is 19.2 Å². The lowest BCUT2D eigenvalue weighted by atomic mass is 10.1. The Balaban J connectivity index is 2.53. The van der Waals surface area contributed by atoms with E-state index in [1.807, 2.05) is 6.92 Å². The van der Waals surface area contributed by atoms with Crippen LogP contribution >= 0.6 is 0 Å². The second-order valence-electron chi connectivity index (χ2n) is 7.10. The molecule has 0 unspecified atom stereocenters. The van der Waals surface area contributed by atoms with E-state index in [2.05, 4.69) is 4.98 Å². The Morgan fingerprint density at radius 2 is 1.88 bits per heavy atom. The van der Waals surface area contributed by atoms with Crippen LogP contribution in [0.5, 0.6) is 5.75 Å². The Hall–Kier alpha value is -3.56. The topological polar surface area (TPSA) is 137 Å². The van der Waals surface area contributed by atoms with E-state index in [-0.39, 0.29) is 37.5 Å². The van der Waals surface area contributed by atoms with Gasteiger partial charge in [-0.1, -0.05) is 31.5 Å². The van der Waals surface area contributed by atoms with E-state index in [1.165, 1.54) is 16.6 Å². The molecular weight excluding hydrogens is 416 g/mol. The van der Waals surface area contributed by atoms with Crippen molar-refractivity contribution in [2.24, 2.45) is 0 Å². The van der Waals surface area contributed by atoms with Crippen LogP contribution in [0, 0.1) is 0 Å². The normalized spacial score (nSPS) is 10.6. The van der Waals surface area contributed by atoms with Crippen molar-refractivity contribution in [3.05, 3.63) is 50.7 Å². The second kappa shape index (κ2) is 11.7. The summed E-state index contributed by atoms with van der Waals surface area (Å²) in [4.78, 5) is 53.4. The molecule has 0 aliphatic carbocycles. The molecule has 0 saturated carbocycles. The van der Waals surface area contributed by atoms with Crippen molar-refractivity contribution in [1.29, 1.82) is 0 Å². The molecule has 1 heterocycles. The number of ether oxygens (including phenoxy) is 2. The first kappa shape index (κ1) is 24.7. The number of methoxy groups -OCH3 is 1. The van der Waals surface area contributed by atoms with Gasteiger partial charge in [0.1, 0.15) is 11.6 Å². The molecule has 0 atom stereocenters. The molecule has 1 aromatic heterocycles. The van der Waals surface area contributed by atoms with Crippen LogP contribution in [-0.2, 0) is 27.4 Å². The van der Waals surface area contributed by atoms with Crippen molar-refractivity contribution in [2.45, 2.75) is 52.6 Å². The number of aromatic amines is 1. The average Bonchev–Trinajstić information content (AvgIpc) is 2.77. The van der Waals surface area contributed by atoms with Gasteiger partial charge in [0.2, 0.25) is 5.91 Å². The lowest BCUT2D eigenvalue weighted by Crippen LogP contribution is -2.41. The molecule has 0 saturated heterocycles. The molecule has 0 aliphatic heterocycles. The molecule has 10 heteroatoms. The minimum absolute atomic E-state index is 0.0368. The van der Waals surface area contributed by atoms with Crippen molar-refractivity contribution in [3.63, 3.8) is 0 Å². The van der Waals surface area contributed by atoms with Crippen molar-refractivity contribution >= 4 is 23.4 Å². The molecule has 10 nitrogen and oxygen atoms in total. The number of carbonyl (C=O) groups excluding carboxylic acids is 2. The Kier molecular flexibility index (Phi) is 9.06. The Bertz CT molecular complexity index is 1060. The van der Waals surface area contributed by atoms with E-state index in [0.717, 1.165) is 6.42 Å². The van der Waals surface area contributed by atoms with Gasteiger partial charge in [-0.15, -0.1) is 0 Å². The third-order valence-corrected chi connectivity index (χ3v) is 4.89. The highest BCUT2D eigenvalue weighted by molar-refractivity contribution is 5.96. The number of para-hydroxylation sites is 1. The summed E-state index contributed by atoms with van der Waals surface area (Å²) in [5.74, 6) is -0.619. The first-order valence-electron chi connectivity index (χ1n) is 10.5. The number of nitrogen functional groups attached to an aromatic ring is 1. The predicted octanol–water partition coefficient (Wildman–Crippen LogP) is 1.80. The first-order chi connectivity index (χ1) is 15.3. The zero-order chi connectivity index (χ0) is 23.7. The lowest BCUT2D eigenvalue weighted by molar-refractivity contribution is -0.144. The minimum atomic E-state index is -0.778. The van der Waals surface area contributed by atoms with Crippen molar-refractivity contribution in [3.8, 4) is 5.75 Å². The molecule has 32 heavy (non-hydrogen) atoms. The molecule has 1 aromatic carbocycles. The molecule has 1 amide bonds. The van der Waals surface area contributed by atoms with Gasteiger partial charge in [-0.25, -0.2) is 4.79 Å². The maximum atomic E-state index is 13.2. The molecule has 0 radical (unpaired) electrons. The van der Waals surface area contributed by atoms with Gasteiger partial charge < -0.3 is 15.2 Å². The number of rotatable bonds is 11. The van der Waals surface area contributed by atoms with Crippen LogP contribution < -0.4 is 26.6 Å². The SMILES string of the molecule is CCCCn1c(N)c(N(Cc2ccccc2OC)C(=O)CCC(=O)OCC)c(=O)[nH]c1=O. The number of unbranched alkanes of at least 4 members (excludes halogenated alkanes) is 1. The first-order valence-corrected chi connectivity index (χ1v) is 10.5. The summed E-state index contributed by atoms with van der Waals surface area (Å²) in [6.45, 7) is 4.09. The van der Waals surface area contributed by atoms with E-state index in [4.69, 9.17) is 15.2 Å². The summed E-state index contributed by atoms with van der Waals surface area (Å²) in [6, 6.07) is 7.03. The number of anilines is 2. The van der Waals surface area contributed by atoms with E-state index in [1.54, 1.807) is 31.2 Å². The molecule has 0 aliphatic rings. The number of nitrogens with one attached hydrogen (secondary N) is 1. The molecule has 2 rings (SSSR count). The Labute approximate surface area is 185 Å². The fourth-order valence-electron chi connectivity index (χ4n) is 3.25. The summed E-state index contributed by atoms with van der Waals surface area (Å²) in [6.07, 6.45) is 1.13. The number of aromatic nitrogens is 2. The number of hydrogen-bond donors (Lipinski definition) is 2. The second-order valence-corrected chi connectivity index (χ2v) is 7.10. The van der Waals surface area contributed by atoms with Crippen LogP contribution in [0.1, 0.15) is 45.1 Å². The van der Waals surface area contributed by atoms with Crippen LogP contribution in [0.4, 0.5) is 11.5 Å². The van der Waals surface area contributed by atoms with E-state index >= 15 is 0 Å². The fraction of sp³-hybridized carbons (Fsp3) is 0.455. The Morgan fingerprint density at radius 1 is 1.16 bits per heavy atom. The highest BCUT2D eigenvalue weighted by atomic mass is 16.5. The smallest absolute Gasteiger partial charge is 0.330 e. The highest BCUT2D eigenvalue weighted by Gasteiger charge is 2.26. The zero-order valence-electron chi connectivity index (χ0n) is 18.7. The van der Waals surface area contributed by atoms with Crippen LogP contribution in [0.25, 0.3) is 0 Å². The Morgan fingerprint density at radius 3 is 2.53 bits per heavy atom. The largest absolute Gasteiger partial charge is 0.496 e. The molecule has 0 spiro atoms. The van der Waals surface area contributed by atoms with Gasteiger partial charge in [0.25, 0.3) is 5.56 Å². The van der Waals surface area contributed by atoms with Crippen LogP contribution in [0.15, 0.2) is 33.9 Å². The molecule has 174 valence electrons. The number of esters is 1. The lowest BCUT2D eigenvalue weighted by Gasteiger charge is -2.25. The number of nitrogens with two attached hydrogens (primary N) is 1. The predicted molar refractivity (Wildman–Crippen MR) is 121 cm³/mol. The quantitative estimate of drug-likeness (QED) is 0.502. The number of H-pyrrole nitrogens is 1. The van der Waals surface area contributed by atoms with Crippen LogP contribution in [-0.4, -0.2) is 35.1 Å². The minimum Gasteiger partial charge on any atom is -0.496 e. The number of amides is 1. The van der Waals surface area contributed by atoms with Gasteiger partial charge in [-0.3, -0.25) is 28.8 Å². The zero-order valence-corrected chi connectivity index (χ0v) is 18.7. The summed E-state index contributed by atoms with van der Waals surface area (Å²) >= 11 is 0. The van der Waals surface area contributed by atoms with Crippen LogP contribution in [0.2, 0.25) is 0 Å². The monoisotopic (exact) mass is 446 g/mol. The fourth-order valence-corrected chi connectivity index (χ4v) is 3.25. The number of nitrogens with zero attached hydrogens (tertiary/aromatic N) is 2. The maximum absolute atomic E-state index is 13.2. The summed E-state index contributed by atoms with van der Waals surface area (Å²) in [7, 11) is 1.50. The third kappa shape index (κ3) is 5.99. The molecule has 0 fully saturated rings. The molecule has 0 bridgehead atoms. The van der Waals surface area contributed by atoms with Gasteiger partial charge in [0, 0.05) is 18.5 Å². The van der Waals surface area contributed by atoms with Gasteiger partial charge in [-0.05, 0) is 19.4 Å². The van der Waals surface area contributed by atoms with Gasteiger partial charge in [0.05, 0.1) is 26.7 Å². The van der Waals surface area contributed by atoms with Gasteiger partial charge >= 0.3 is 11.7 Å². The highest BCUT2D eigenvalue weighted by Crippen LogP contribution is 2.25. The number of carbonyl (C=O) groups is 2. The third-order valence-electron chi connectivity index (χ3n) is 4.89.